The van der Waals surface area contributed by atoms with Crippen LogP contribution in [0.3, 0.4) is 0 Å². The zero-order valence-corrected chi connectivity index (χ0v) is 18.5. The second-order valence-electron chi connectivity index (χ2n) is 7.22. The van der Waals surface area contributed by atoms with Crippen molar-refractivity contribution in [2.24, 2.45) is 0 Å². The molecule has 1 heterocycles. The molecule has 0 aliphatic heterocycles. The van der Waals surface area contributed by atoms with E-state index in [2.05, 4.69) is 10.4 Å². The maximum atomic E-state index is 13.1. The number of nitrogens with zero attached hydrogens (tertiary/aromatic N) is 3. The maximum absolute atomic E-state index is 13.1. The Hall–Kier alpha value is -4.15. The highest BCUT2D eigenvalue weighted by Gasteiger charge is 2.30. The Morgan fingerprint density at radius 2 is 1.79 bits per heavy atom. The fraction of sp³-hybridized carbons (Fsp3) is 0.217. The van der Waals surface area contributed by atoms with Crippen LogP contribution in [0.25, 0.3) is 5.69 Å². The van der Waals surface area contributed by atoms with Crippen LogP contribution in [0.2, 0.25) is 0 Å². The van der Waals surface area contributed by atoms with Gasteiger partial charge in [-0.1, -0.05) is 6.07 Å². The summed E-state index contributed by atoms with van der Waals surface area (Å²) in [6.45, 7) is 3.40. The molecule has 0 saturated carbocycles. The average Bonchev–Trinajstić information content (AvgIpc) is 2.78. The predicted octanol–water partition coefficient (Wildman–Crippen LogP) is 4.40. The zero-order valence-electron chi connectivity index (χ0n) is 18.5. The number of ether oxygens (including phenoxy) is 1. The molecule has 1 N–H and O–H groups in total. The van der Waals surface area contributed by atoms with Crippen molar-refractivity contribution >= 4 is 23.4 Å². The van der Waals surface area contributed by atoms with Crippen molar-refractivity contribution in [1.82, 2.24) is 9.78 Å². The first-order chi connectivity index (χ1) is 16.0. The number of alkyl halides is 3. The van der Waals surface area contributed by atoms with Gasteiger partial charge in [0.15, 0.2) is 5.69 Å². The molecule has 8 nitrogen and oxygen atoms in total. The fourth-order valence-electron chi connectivity index (χ4n) is 3.06. The van der Waals surface area contributed by atoms with E-state index in [0.29, 0.717) is 11.4 Å². The quantitative estimate of drug-likeness (QED) is 0.592. The molecule has 0 atom stereocenters. The van der Waals surface area contributed by atoms with E-state index in [1.165, 1.54) is 43.1 Å². The van der Waals surface area contributed by atoms with E-state index in [0.717, 1.165) is 22.9 Å². The molecule has 0 radical (unpaired) electrons. The van der Waals surface area contributed by atoms with Gasteiger partial charge in [-0.05, 0) is 56.3 Å². The number of hydrogen-bond donors (Lipinski definition) is 1. The van der Waals surface area contributed by atoms with E-state index in [1.54, 1.807) is 19.1 Å². The van der Waals surface area contributed by atoms with E-state index in [-0.39, 0.29) is 18.0 Å². The number of benzene rings is 2. The maximum Gasteiger partial charge on any atom is 0.416 e. The van der Waals surface area contributed by atoms with Crippen LogP contribution in [0.5, 0.6) is 0 Å². The van der Waals surface area contributed by atoms with Gasteiger partial charge in [-0.25, -0.2) is 9.48 Å². The second kappa shape index (κ2) is 9.77. The molecular weight excluding hydrogens is 453 g/mol. The summed E-state index contributed by atoms with van der Waals surface area (Å²) in [6, 6.07) is 11.7. The Morgan fingerprint density at radius 1 is 1.12 bits per heavy atom. The van der Waals surface area contributed by atoms with Gasteiger partial charge in [-0.3, -0.25) is 14.5 Å². The molecule has 0 bridgehead atoms. The lowest BCUT2D eigenvalue weighted by Crippen LogP contribution is -2.27. The number of hydrogen-bond acceptors (Lipinski definition) is 5. The van der Waals surface area contributed by atoms with Crippen LogP contribution >= 0.6 is 0 Å². The largest absolute Gasteiger partial charge is 0.449 e. The van der Waals surface area contributed by atoms with Crippen LogP contribution < -0.4 is 15.6 Å². The molecule has 0 fully saturated rings. The van der Waals surface area contributed by atoms with E-state index in [1.807, 2.05) is 0 Å². The molecule has 0 aliphatic carbocycles. The highest BCUT2D eigenvalue weighted by Crippen LogP contribution is 2.30. The molecule has 1 aromatic heterocycles. The normalized spacial score (nSPS) is 11.1. The number of aryl methyl sites for hydroxylation is 1. The summed E-state index contributed by atoms with van der Waals surface area (Å²) in [7, 11) is 1.53. The molecule has 0 aliphatic rings. The summed E-state index contributed by atoms with van der Waals surface area (Å²) in [5.41, 5.74) is -0.924. The molecule has 0 saturated heterocycles. The van der Waals surface area contributed by atoms with Gasteiger partial charge in [0.25, 0.3) is 5.91 Å². The average molecular weight is 474 g/mol. The Morgan fingerprint density at radius 3 is 2.41 bits per heavy atom. The van der Waals surface area contributed by atoms with E-state index < -0.39 is 34.9 Å². The third-order valence-corrected chi connectivity index (χ3v) is 4.79. The van der Waals surface area contributed by atoms with Crippen LogP contribution in [-0.4, -0.2) is 35.4 Å². The van der Waals surface area contributed by atoms with Crippen LogP contribution in [-0.2, 0) is 10.9 Å². The number of amides is 2. The molecule has 3 rings (SSSR count). The number of aromatic nitrogens is 2. The highest BCUT2D eigenvalue weighted by molar-refractivity contribution is 6.02. The topological polar surface area (TPSA) is 93.5 Å². The van der Waals surface area contributed by atoms with Crippen LogP contribution in [0.15, 0.2) is 59.4 Å². The first-order valence-corrected chi connectivity index (χ1v) is 10.1. The second-order valence-corrected chi connectivity index (χ2v) is 7.22. The summed E-state index contributed by atoms with van der Waals surface area (Å²) in [6.07, 6.45) is -5.10. The number of nitrogens with one attached hydrogen (secondary N) is 1. The molecule has 11 heteroatoms. The molecule has 0 unspecified atom stereocenters. The molecule has 2 aromatic carbocycles. The zero-order chi connectivity index (χ0) is 25.0. The number of carbonyl (C=O) groups is 2. The lowest BCUT2D eigenvalue weighted by atomic mass is 10.2. The Bertz CT molecular complexity index is 1270. The molecule has 2 amide bonds. The molecule has 178 valence electrons. The summed E-state index contributed by atoms with van der Waals surface area (Å²) >= 11 is 0. The number of halogens is 3. The highest BCUT2D eigenvalue weighted by atomic mass is 19.4. The number of carbonyl (C=O) groups excluding carboxylic acids is 2. The standard InChI is InChI=1S/C23H21F3N4O4/c1-4-34-22(33)29(3)17-10-8-16(9-11-17)27-21(32)20-19(31)12-14(2)30(28-20)18-7-5-6-15(13-18)23(24,25)26/h5-13H,4H2,1-3H3,(H,27,32). The Labute approximate surface area is 192 Å². The fourth-order valence-corrected chi connectivity index (χ4v) is 3.06. The van der Waals surface area contributed by atoms with E-state index in [4.69, 9.17) is 4.74 Å². The van der Waals surface area contributed by atoms with Gasteiger partial charge in [0, 0.05) is 30.2 Å². The van der Waals surface area contributed by atoms with Crippen molar-refractivity contribution in [2.45, 2.75) is 20.0 Å². The van der Waals surface area contributed by atoms with Crippen molar-refractivity contribution in [2.75, 3.05) is 23.9 Å². The van der Waals surface area contributed by atoms with Crippen LogP contribution in [0.1, 0.15) is 28.7 Å². The monoisotopic (exact) mass is 474 g/mol. The number of rotatable bonds is 5. The lowest BCUT2D eigenvalue weighted by molar-refractivity contribution is -0.137. The first-order valence-electron chi connectivity index (χ1n) is 10.1. The molecule has 34 heavy (non-hydrogen) atoms. The van der Waals surface area contributed by atoms with E-state index >= 15 is 0 Å². The van der Waals surface area contributed by atoms with Crippen molar-refractivity contribution in [3.63, 3.8) is 0 Å². The Balaban J connectivity index is 1.86. The Kier molecular flexibility index (Phi) is 7.04. The van der Waals surface area contributed by atoms with Crippen molar-refractivity contribution in [1.29, 1.82) is 0 Å². The van der Waals surface area contributed by atoms with Gasteiger partial charge in [0.05, 0.1) is 17.9 Å². The summed E-state index contributed by atoms with van der Waals surface area (Å²) in [5, 5.41) is 6.53. The van der Waals surface area contributed by atoms with Gasteiger partial charge < -0.3 is 10.1 Å². The van der Waals surface area contributed by atoms with Gasteiger partial charge in [-0.15, -0.1) is 0 Å². The minimum atomic E-state index is -4.56. The minimum Gasteiger partial charge on any atom is -0.449 e. The van der Waals surface area contributed by atoms with Crippen molar-refractivity contribution in [3.8, 4) is 5.69 Å². The number of anilines is 2. The van der Waals surface area contributed by atoms with Gasteiger partial charge >= 0.3 is 12.3 Å². The van der Waals surface area contributed by atoms with Gasteiger partial charge in [0.2, 0.25) is 5.43 Å². The van der Waals surface area contributed by atoms with Crippen molar-refractivity contribution < 1.29 is 27.5 Å². The SMILES string of the molecule is CCOC(=O)N(C)c1ccc(NC(=O)c2nn(-c3cccc(C(F)(F)F)c3)c(C)cc2=O)cc1. The lowest BCUT2D eigenvalue weighted by Gasteiger charge is -2.17. The molecule has 0 spiro atoms. The summed E-state index contributed by atoms with van der Waals surface area (Å²) in [4.78, 5) is 38.2. The van der Waals surface area contributed by atoms with Crippen molar-refractivity contribution in [3.05, 3.63) is 81.8 Å². The predicted molar refractivity (Wildman–Crippen MR) is 119 cm³/mol. The van der Waals surface area contributed by atoms with Crippen LogP contribution in [0.4, 0.5) is 29.3 Å². The van der Waals surface area contributed by atoms with Gasteiger partial charge in [-0.2, -0.15) is 18.3 Å². The smallest absolute Gasteiger partial charge is 0.416 e. The third-order valence-electron chi connectivity index (χ3n) is 4.79. The van der Waals surface area contributed by atoms with Gasteiger partial charge in [0.1, 0.15) is 0 Å². The summed E-state index contributed by atoms with van der Waals surface area (Å²) < 4.78 is 45.3. The molecule has 3 aromatic rings. The third kappa shape index (κ3) is 5.42. The minimum absolute atomic E-state index is 0.0488. The molecular formula is C23H21F3N4O4. The summed E-state index contributed by atoms with van der Waals surface area (Å²) in [5.74, 6) is -0.836. The van der Waals surface area contributed by atoms with E-state index in [9.17, 15) is 27.6 Å². The van der Waals surface area contributed by atoms with Crippen LogP contribution in [0, 0.1) is 6.92 Å². The first kappa shape index (κ1) is 24.5.